The molecule has 2 aromatic heterocycles. The van der Waals surface area contributed by atoms with Gasteiger partial charge in [0.1, 0.15) is 5.75 Å². The molecule has 1 N–H and O–H groups in total. The van der Waals surface area contributed by atoms with Gasteiger partial charge in [-0.25, -0.2) is 9.38 Å². The SMILES string of the molecule is Cc1cc(C)c2nc3s/c(=C\c4cc(Br)cc(Br)c4O)c(=O)n3c2c1. The first-order valence-corrected chi connectivity index (χ1v) is 9.87. The van der Waals surface area contributed by atoms with Gasteiger partial charge in [-0.3, -0.25) is 4.79 Å². The maximum Gasteiger partial charge on any atom is 0.274 e. The van der Waals surface area contributed by atoms with Crippen LogP contribution >= 0.6 is 43.2 Å². The average Bonchev–Trinajstić information content (AvgIpc) is 3.02. The summed E-state index contributed by atoms with van der Waals surface area (Å²) in [5.74, 6) is 0.102. The Hall–Kier alpha value is -1.70. The second kappa shape index (κ2) is 5.93. The Morgan fingerprint density at radius 2 is 1.96 bits per heavy atom. The lowest BCUT2D eigenvalue weighted by Gasteiger charge is -2.02. The summed E-state index contributed by atoms with van der Waals surface area (Å²) in [5, 5.41) is 10.2. The van der Waals surface area contributed by atoms with Gasteiger partial charge in [0.05, 0.1) is 20.0 Å². The van der Waals surface area contributed by atoms with E-state index >= 15 is 0 Å². The summed E-state index contributed by atoms with van der Waals surface area (Å²) in [5.41, 5.74) is 4.28. The molecular formula is C18H12Br2N2O2S. The maximum atomic E-state index is 12.9. The molecule has 0 atom stereocenters. The number of rotatable bonds is 1. The fourth-order valence-corrected chi connectivity index (χ4v) is 5.18. The van der Waals surface area contributed by atoms with Gasteiger partial charge in [0.15, 0.2) is 4.96 Å². The highest BCUT2D eigenvalue weighted by Gasteiger charge is 2.14. The molecule has 0 aliphatic carbocycles. The lowest BCUT2D eigenvalue weighted by molar-refractivity contribution is 0.470. The Morgan fingerprint density at radius 3 is 2.72 bits per heavy atom. The molecule has 7 heteroatoms. The third kappa shape index (κ3) is 2.70. The molecule has 4 rings (SSSR count). The van der Waals surface area contributed by atoms with E-state index in [1.54, 1.807) is 22.6 Å². The molecule has 4 aromatic rings. The van der Waals surface area contributed by atoms with E-state index in [1.807, 2.05) is 19.9 Å². The van der Waals surface area contributed by atoms with Crippen molar-refractivity contribution in [1.82, 2.24) is 9.38 Å². The summed E-state index contributed by atoms with van der Waals surface area (Å²) in [7, 11) is 0. The quantitative estimate of drug-likeness (QED) is 0.442. The largest absolute Gasteiger partial charge is 0.506 e. The van der Waals surface area contributed by atoms with E-state index in [0.717, 1.165) is 26.6 Å². The van der Waals surface area contributed by atoms with Crippen LogP contribution in [0.15, 0.2) is 38.0 Å². The Kier molecular flexibility index (Phi) is 3.97. The Morgan fingerprint density at radius 1 is 1.20 bits per heavy atom. The van der Waals surface area contributed by atoms with E-state index in [9.17, 15) is 9.90 Å². The number of nitrogens with zero attached hydrogens (tertiary/aromatic N) is 2. The highest BCUT2D eigenvalue weighted by molar-refractivity contribution is 9.11. The minimum Gasteiger partial charge on any atom is -0.506 e. The van der Waals surface area contributed by atoms with Crippen molar-refractivity contribution in [3.8, 4) is 5.75 Å². The molecular weight excluding hydrogens is 468 g/mol. The molecule has 0 radical (unpaired) electrons. The second-order valence-corrected chi connectivity index (χ2v) is 8.70. The van der Waals surface area contributed by atoms with E-state index < -0.39 is 0 Å². The maximum absolute atomic E-state index is 12.9. The Balaban J connectivity index is 2.05. The number of imidazole rings is 1. The van der Waals surface area contributed by atoms with Crippen LogP contribution in [0.2, 0.25) is 0 Å². The van der Waals surface area contributed by atoms with Gasteiger partial charge in [-0.2, -0.15) is 0 Å². The molecule has 2 heterocycles. The predicted molar refractivity (Wildman–Crippen MR) is 109 cm³/mol. The van der Waals surface area contributed by atoms with E-state index in [1.165, 1.54) is 11.3 Å². The molecule has 0 unspecified atom stereocenters. The molecule has 0 fully saturated rings. The molecule has 25 heavy (non-hydrogen) atoms. The van der Waals surface area contributed by atoms with Crippen molar-refractivity contribution in [2.45, 2.75) is 13.8 Å². The molecule has 0 aliphatic heterocycles. The number of benzene rings is 2. The fourth-order valence-electron chi connectivity index (χ4n) is 2.95. The van der Waals surface area contributed by atoms with Crippen molar-refractivity contribution in [2.24, 2.45) is 0 Å². The zero-order valence-electron chi connectivity index (χ0n) is 13.3. The number of aromatic hydroxyl groups is 1. The third-order valence-electron chi connectivity index (χ3n) is 4.02. The van der Waals surface area contributed by atoms with Crippen molar-refractivity contribution in [3.05, 3.63) is 64.8 Å². The van der Waals surface area contributed by atoms with Gasteiger partial charge in [0, 0.05) is 10.0 Å². The van der Waals surface area contributed by atoms with Crippen molar-refractivity contribution in [3.63, 3.8) is 0 Å². The second-order valence-electron chi connectivity index (χ2n) is 5.92. The number of aromatic nitrogens is 2. The fraction of sp³-hybridized carbons (Fsp3) is 0.111. The summed E-state index contributed by atoms with van der Waals surface area (Å²) in [4.78, 5) is 18.2. The van der Waals surface area contributed by atoms with Crippen LogP contribution in [0.5, 0.6) is 5.75 Å². The molecule has 0 amide bonds. The molecule has 2 aromatic carbocycles. The highest BCUT2D eigenvalue weighted by Crippen LogP contribution is 2.32. The molecule has 126 valence electrons. The molecule has 0 bridgehead atoms. The van der Waals surface area contributed by atoms with Gasteiger partial charge in [-0.1, -0.05) is 33.3 Å². The highest BCUT2D eigenvalue weighted by atomic mass is 79.9. The summed E-state index contributed by atoms with van der Waals surface area (Å²) in [6, 6.07) is 7.57. The van der Waals surface area contributed by atoms with Gasteiger partial charge >= 0.3 is 0 Å². The molecule has 0 aliphatic rings. The van der Waals surface area contributed by atoms with Gasteiger partial charge < -0.3 is 5.11 Å². The summed E-state index contributed by atoms with van der Waals surface area (Å²) >= 11 is 8.03. The van der Waals surface area contributed by atoms with Crippen LogP contribution in [0.25, 0.3) is 22.1 Å². The first-order valence-electron chi connectivity index (χ1n) is 7.47. The lowest BCUT2D eigenvalue weighted by Crippen LogP contribution is -2.22. The number of aryl methyl sites for hydroxylation is 2. The third-order valence-corrected chi connectivity index (χ3v) is 6.05. The van der Waals surface area contributed by atoms with Gasteiger partial charge in [0.25, 0.3) is 5.56 Å². The molecule has 0 spiro atoms. The Bertz CT molecular complexity index is 1270. The van der Waals surface area contributed by atoms with Crippen molar-refractivity contribution in [1.29, 1.82) is 0 Å². The van der Waals surface area contributed by atoms with E-state index in [-0.39, 0.29) is 11.3 Å². The van der Waals surface area contributed by atoms with Crippen LogP contribution in [0.4, 0.5) is 0 Å². The van der Waals surface area contributed by atoms with Crippen LogP contribution in [0.3, 0.4) is 0 Å². The van der Waals surface area contributed by atoms with Crippen LogP contribution in [0.1, 0.15) is 16.7 Å². The average molecular weight is 480 g/mol. The number of phenolic OH excluding ortho intramolecular Hbond substituents is 1. The van der Waals surface area contributed by atoms with Crippen molar-refractivity contribution >= 4 is 65.3 Å². The number of phenols is 1. The van der Waals surface area contributed by atoms with Crippen LogP contribution in [0, 0.1) is 13.8 Å². The smallest absolute Gasteiger partial charge is 0.274 e. The molecule has 0 saturated heterocycles. The number of hydrogen-bond donors (Lipinski definition) is 1. The summed E-state index contributed by atoms with van der Waals surface area (Å²) in [6.07, 6.45) is 1.70. The number of halogens is 2. The van der Waals surface area contributed by atoms with E-state index in [4.69, 9.17) is 0 Å². The topological polar surface area (TPSA) is 54.6 Å². The van der Waals surface area contributed by atoms with Crippen molar-refractivity contribution in [2.75, 3.05) is 0 Å². The van der Waals surface area contributed by atoms with Crippen LogP contribution in [-0.2, 0) is 0 Å². The van der Waals surface area contributed by atoms with Crippen LogP contribution in [-0.4, -0.2) is 14.5 Å². The monoisotopic (exact) mass is 478 g/mol. The first-order chi connectivity index (χ1) is 11.8. The van der Waals surface area contributed by atoms with Gasteiger partial charge in [0.2, 0.25) is 0 Å². The zero-order valence-corrected chi connectivity index (χ0v) is 17.3. The standard InChI is InChI=1S/C18H12Br2N2O2S/c1-8-3-9(2)15-13(4-8)22-17(24)14(25-18(22)21-15)6-10-5-11(19)7-12(20)16(10)23/h3-7,23H,1-2H3/b14-6-. The summed E-state index contributed by atoms with van der Waals surface area (Å²) < 4.78 is 3.56. The zero-order chi connectivity index (χ0) is 17.9. The first kappa shape index (κ1) is 16.8. The minimum absolute atomic E-state index is 0.102. The normalized spacial score (nSPS) is 12.6. The van der Waals surface area contributed by atoms with Gasteiger partial charge in [-0.15, -0.1) is 0 Å². The minimum atomic E-state index is -0.122. The summed E-state index contributed by atoms with van der Waals surface area (Å²) in [6.45, 7) is 4.01. The van der Waals surface area contributed by atoms with Gasteiger partial charge in [-0.05, 0) is 65.2 Å². The van der Waals surface area contributed by atoms with Crippen molar-refractivity contribution < 1.29 is 5.11 Å². The van der Waals surface area contributed by atoms with E-state index in [2.05, 4.69) is 42.9 Å². The lowest BCUT2D eigenvalue weighted by atomic mass is 10.1. The number of fused-ring (bicyclic) bond motifs is 3. The Labute approximate surface area is 163 Å². The predicted octanol–water partition coefficient (Wildman–Crippen LogP) is 4.30. The number of thiazole rings is 1. The molecule has 4 nitrogen and oxygen atoms in total. The number of hydrogen-bond acceptors (Lipinski definition) is 4. The van der Waals surface area contributed by atoms with Crippen LogP contribution < -0.4 is 10.1 Å². The molecule has 0 saturated carbocycles. The van der Waals surface area contributed by atoms with E-state index in [0.29, 0.717) is 19.5 Å².